The minimum Gasteiger partial charge on any atom is -0.493 e. The average molecular weight is 587 g/mol. The van der Waals surface area contributed by atoms with Crippen LogP contribution in [0.2, 0.25) is 5.02 Å². The first-order chi connectivity index (χ1) is 18.7. The van der Waals surface area contributed by atoms with E-state index < -0.39 is 28.3 Å². The summed E-state index contributed by atoms with van der Waals surface area (Å²) < 4.78 is 52.8. The normalized spacial score (nSPS) is 11.1. The number of carbonyl (C=O) groups excluding carboxylic acids is 1. The number of sulfonamides is 1. The highest BCUT2D eigenvalue weighted by molar-refractivity contribution is 7.99. The van der Waals surface area contributed by atoms with E-state index in [1.807, 2.05) is 42.5 Å². The Hall–Kier alpha value is -3.73. The van der Waals surface area contributed by atoms with E-state index >= 15 is 0 Å². The van der Waals surface area contributed by atoms with Crippen molar-refractivity contribution in [1.29, 1.82) is 0 Å². The number of methoxy groups -OCH3 is 2. The number of rotatable bonds is 10. The van der Waals surface area contributed by atoms with Gasteiger partial charge >= 0.3 is 0 Å². The molecule has 4 aromatic carbocycles. The van der Waals surface area contributed by atoms with Gasteiger partial charge in [-0.1, -0.05) is 53.7 Å². The highest BCUT2D eigenvalue weighted by atomic mass is 35.5. The quantitative estimate of drug-likeness (QED) is 0.229. The van der Waals surface area contributed by atoms with Gasteiger partial charge in [0, 0.05) is 15.9 Å². The van der Waals surface area contributed by atoms with Gasteiger partial charge in [0.25, 0.3) is 10.0 Å². The largest absolute Gasteiger partial charge is 0.493 e. The molecule has 0 aliphatic rings. The SMILES string of the molecule is COc1ccc(S(=O)(=O)N(CC(=O)Nc2ccccc2Sc2ccccc2)c2ccc(F)c(Cl)c2)cc1OC. The molecular weight excluding hydrogens is 563 g/mol. The van der Waals surface area contributed by atoms with Crippen LogP contribution in [-0.2, 0) is 14.8 Å². The molecule has 0 aliphatic heterocycles. The van der Waals surface area contributed by atoms with Crippen LogP contribution in [0.3, 0.4) is 0 Å². The molecule has 0 spiro atoms. The molecule has 0 unspecified atom stereocenters. The third-order valence-corrected chi connectivity index (χ3v) is 8.70. The minimum atomic E-state index is -4.34. The van der Waals surface area contributed by atoms with Gasteiger partial charge in [0.2, 0.25) is 5.91 Å². The van der Waals surface area contributed by atoms with Crippen LogP contribution in [-0.4, -0.2) is 35.1 Å². The Labute approximate surface area is 235 Å². The Morgan fingerprint density at radius 2 is 1.62 bits per heavy atom. The van der Waals surface area contributed by atoms with Crippen molar-refractivity contribution in [3.05, 3.63) is 102 Å². The minimum absolute atomic E-state index is 0.0123. The van der Waals surface area contributed by atoms with Gasteiger partial charge in [-0.2, -0.15) is 0 Å². The summed E-state index contributed by atoms with van der Waals surface area (Å²) >= 11 is 7.42. The number of benzene rings is 4. The Kier molecular flexibility index (Phi) is 9.01. The molecule has 39 heavy (non-hydrogen) atoms. The van der Waals surface area contributed by atoms with Crippen LogP contribution in [0.25, 0.3) is 0 Å². The van der Waals surface area contributed by atoms with Crippen molar-refractivity contribution in [2.75, 3.05) is 30.4 Å². The summed E-state index contributed by atoms with van der Waals surface area (Å²) in [7, 11) is -1.53. The fraction of sp³-hybridized carbons (Fsp3) is 0.107. The van der Waals surface area contributed by atoms with Crippen molar-refractivity contribution < 1.29 is 27.1 Å². The standard InChI is InChI=1S/C28H24ClFN2O5S2/c1-36-25-15-13-21(17-26(25)37-2)39(34,35)32(19-12-14-23(30)22(29)16-19)18-28(33)31-24-10-6-7-11-27(24)38-20-8-4-3-5-9-20/h3-17H,18H2,1-2H3,(H,31,33). The Bertz CT molecular complexity index is 1590. The van der Waals surface area contributed by atoms with Crippen LogP contribution in [0.4, 0.5) is 15.8 Å². The van der Waals surface area contributed by atoms with E-state index in [4.69, 9.17) is 21.1 Å². The average Bonchev–Trinajstić information content (AvgIpc) is 2.94. The van der Waals surface area contributed by atoms with Gasteiger partial charge in [0.15, 0.2) is 11.5 Å². The van der Waals surface area contributed by atoms with Crippen molar-refractivity contribution in [1.82, 2.24) is 0 Å². The summed E-state index contributed by atoms with van der Waals surface area (Å²) in [5.41, 5.74) is 0.523. The lowest BCUT2D eigenvalue weighted by atomic mass is 10.3. The van der Waals surface area contributed by atoms with E-state index in [1.54, 1.807) is 12.1 Å². The summed E-state index contributed by atoms with van der Waals surface area (Å²) in [4.78, 5) is 14.9. The van der Waals surface area contributed by atoms with Gasteiger partial charge in [-0.15, -0.1) is 0 Å². The number of hydrogen-bond acceptors (Lipinski definition) is 6. The maximum Gasteiger partial charge on any atom is 0.264 e. The lowest BCUT2D eigenvalue weighted by molar-refractivity contribution is -0.114. The Morgan fingerprint density at radius 1 is 0.923 bits per heavy atom. The van der Waals surface area contributed by atoms with E-state index in [2.05, 4.69) is 5.32 Å². The van der Waals surface area contributed by atoms with E-state index in [0.717, 1.165) is 26.2 Å². The molecule has 7 nitrogen and oxygen atoms in total. The molecule has 0 atom stereocenters. The number of halogens is 2. The molecule has 0 bridgehead atoms. The second-order valence-corrected chi connectivity index (χ2v) is 11.5. The predicted octanol–water partition coefficient (Wildman–Crippen LogP) is 6.48. The van der Waals surface area contributed by atoms with E-state index in [0.29, 0.717) is 11.4 Å². The van der Waals surface area contributed by atoms with Crippen LogP contribution in [0.1, 0.15) is 0 Å². The van der Waals surface area contributed by atoms with Crippen molar-refractivity contribution in [2.24, 2.45) is 0 Å². The molecule has 0 aliphatic carbocycles. The van der Waals surface area contributed by atoms with Crippen molar-refractivity contribution in [3.63, 3.8) is 0 Å². The number of hydrogen-bond donors (Lipinski definition) is 1. The van der Waals surface area contributed by atoms with Gasteiger partial charge in [0.1, 0.15) is 12.4 Å². The van der Waals surface area contributed by atoms with Gasteiger partial charge in [-0.05, 0) is 54.6 Å². The second kappa shape index (κ2) is 12.4. The molecule has 4 rings (SSSR count). The highest BCUT2D eigenvalue weighted by Gasteiger charge is 2.29. The number of carbonyl (C=O) groups is 1. The predicted molar refractivity (Wildman–Crippen MR) is 151 cm³/mol. The Balaban J connectivity index is 1.67. The van der Waals surface area contributed by atoms with Crippen LogP contribution in [0.5, 0.6) is 11.5 Å². The fourth-order valence-electron chi connectivity index (χ4n) is 3.65. The van der Waals surface area contributed by atoms with Crippen LogP contribution >= 0.6 is 23.4 Å². The van der Waals surface area contributed by atoms with E-state index in [9.17, 15) is 17.6 Å². The first-order valence-corrected chi connectivity index (χ1v) is 14.2. The smallest absolute Gasteiger partial charge is 0.264 e. The van der Waals surface area contributed by atoms with Crippen LogP contribution in [0.15, 0.2) is 106 Å². The van der Waals surface area contributed by atoms with Crippen molar-refractivity contribution in [3.8, 4) is 11.5 Å². The molecule has 4 aromatic rings. The van der Waals surface area contributed by atoms with E-state index in [1.165, 1.54) is 50.2 Å². The number of amides is 1. The molecule has 1 N–H and O–H groups in total. The summed E-state index contributed by atoms with van der Waals surface area (Å²) in [6.45, 7) is -0.608. The van der Waals surface area contributed by atoms with Crippen molar-refractivity contribution >= 4 is 50.7 Å². The second-order valence-electron chi connectivity index (χ2n) is 8.09. The highest BCUT2D eigenvalue weighted by Crippen LogP contribution is 2.35. The van der Waals surface area contributed by atoms with E-state index in [-0.39, 0.29) is 21.4 Å². The first kappa shape index (κ1) is 28.3. The molecule has 0 fully saturated rings. The number of ether oxygens (including phenoxy) is 2. The fourth-order valence-corrected chi connectivity index (χ4v) is 6.18. The lowest BCUT2D eigenvalue weighted by Crippen LogP contribution is -2.38. The van der Waals surface area contributed by atoms with Gasteiger partial charge in [-0.25, -0.2) is 12.8 Å². The maximum atomic E-state index is 13.9. The van der Waals surface area contributed by atoms with Crippen LogP contribution in [0, 0.1) is 5.82 Å². The monoisotopic (exact) mass is 586 g/mol. The summed E-state index contributed by atoms with van der Waals surface area (Å²) in [5, 5.41) is 2.52. The molecule has 11 heteroatoms. The van der Waals surface area contributed by atoms with Crippen molar-refractivity contribution in [2.45, 2.75) is 14.7 Å². The molecule has 0 saturated heterocycles. The lowest BCUT2D eigenvalue weighted by Gasteiger charge is -2.25. The zero-order valence-corrected chi connectivity index (χ0v) is 23.3. The summed E-state index contributed by atoms with van der Waals surface area (Å²) in [5.74, 6) is -0.814. The Morgan fingerprint density at radius 3 is 2.31 bits per heavy atom. The molecular formula is C28H24ClFN2O5S2. The number of nitrogens with one attached hydrogen (secondary N) is 1. The molecule has 202 valence electrons. The molecule has 0 heterocycles. The molecule has 0 radical (unpaired) electrons. The number of para-hydroxylation sites is 1. The first-order valence-electron chi connectivity index (χ1n) is 11.5. The molecule has 0 saturated carbocycles. The zero-order valence-electron chi connectivity index (χ0n) is 20.9. The van der Waals surface area contributed by atoms with Gasteiger partial charge in [0.05, 0.1) is 35.5 Å². The van der Waals surface area contributed by atoms with Gasteiger partial charge in [-0.3, -0.25) is 9.10 Å². The third kappa shape index (κ3) is 6.65. The van der Waals surface area contributed by atoms with Gasteiger partial charge < -0.3 is 14.8 Å². The number of nitrogens with zero attached hydrogens (tertiary/aromatic N) is 1. The summed E-state index contributed by atoms with van der Waals surface area (Å²) in [6.07, 6.45) is 0. The maximum absolute atomic E-state index is 13.9. The zero-order chi connectivity index (χ0) is 28.0. The third-order valence-electron chi connectivity index (χ3n) is 5.55. The van der Waals surface area contributed by atoms with Crippen LogP contribution < -0.4 is 19.1 Å². The topological polar surface area (TPSA) is 84.9 Å². The number of anilines is 2. The summed E-state index contributed by atoms with van der Waals surface area (Å²) in [6, 6.07) is 24.3. The molecule has 1 amide bonds. The molecule has 0 aromatic heterocycles.